The monoisotopic (exact) mass is 301 g/mol. The second kappa shape index (κ2) is 6.36. The highest BCUT2D eigenvalue weighted by Gasteiger charge is 2.48. The van der Waals surface area contributed by atoms with Crippen LogP contribution in [0.5, 0.6) is 0 Å². The van der Waals surface area contributed by atoms with Gasteiger partial charge in [-0.25, -0.2) is 0 Å². The molecule has 7 nitrogen and oxygen atoms in total. The fourth-order valence-electron chi connectivity index (χ4n) is 2.72. The maximum absolute atomic E-state index is 10.2. The third kappa shape index (κ3) is 2.66. The summed E-state index contributed by atoms with van der Waals surface area (Å²) >= 11 is 0. The van der Waals surface area contributed by atoms with E-state index in [1.165, 1.54) is 0 Å². The Morgan fingerprint density at radius 3 is 2.77 bits per heavy atom. The van der Waals surface area contributed by atoms with E-state index in [-0.39, 0.29) is 6.61 Å². The Morgan fingerprint density at radius 2 is 2.09 bits per heavy atom. The minimum Gasteiger partial charge on any atom is -0.389 e. The molecular weight excluding hydrogens is 286 g/mol. The van der Waals surface area contributed by atoms with Crippen molar-refractivity contribution in [2.45, 2.75) is 36.7 Å². The summed E-state index contributed by atoms with van der Waals surface area (Å²) in [7, 11) is 0. The molecule has 2 heterocycles. The van der Waals surface area contributed by atoms with Crippen molar-refractivity contribution in [1.82, 2.24) is 0 Å². The summed E-state index contributed by atoms with van der Waals surface area (Å²) < 4.78 is 17.1. The van der Waals surface area contributed by atoms with Crippen LogP contribution in [0.25, 0.3) is 10.4 Å². The number of azide groups is 1. The molecule has 2 aliphatic heterocycles. The minimum atomic E-state index is -1.11. The number of aliphatic hydroxyl groups excluding tert-OH is 1. The molecule has 0 aliphatic carbocycles. The Hall–Kier alpha value is -2.07. The molecule has 22 heavy (non-hydrogen) atoms. The van der Waals surface area contributed by atoms with Gasteiger partial charge in [-0.15, -0.1) is 6.42 Å². The molecule has 2 aliphatic rings. The summed E-state index contributed by atoms with van der Waals surface area (Å²) in [6.07, 6.45) is 1.67. The van der Waals surface area contributed by atoms with Crippen LogP contribution in [0, 0.1) is 12.3 Å². The first-order chi connectivity index (χ1) is 10.7. The molecule has 0 saturated carbocycles. The number of rotatable bonds is 2. The summed E-state index contributed by atoms with van der Waals surface area (Å²) in [6.45, 7) is 0.243. The number of terminal acetylenes is 1. The molecule has 7 heteroatoms. The molecule has 0 bridgehead atoms. The first-order valence-corrected chi connectivity index (χ1v) is 6.90. The fraction of sp³-hybridized carbons (Fsp3) is 0.467. The lowest BCUT2D eigenvalue weighted by atomic mass is 9.92. The van der Waals surface area contributed by atoms with E-state index in [0.29, 0.717) is 0 Å². The van der Waals surface area contributed by atoms with Crippen LogP contribution in [0.2, 0.25) is 0 Å². The molecule has 0 amide bonds. The highest BCUT2D eigenvalue weighted by Crippen LogP contribution is 2.35. The van der Waals surface area contributed by atoms with Crippen LogP contribution < -0.4 is 0 Å². The maximum Gasteiger partial charge on any atom is 0.184 e. The lowest BCUT2D eigenvalue weighted by Gasteiger charge is -2.45. The molecule has 1 N–H and O–H groups in total. The molecule has 0 radical (unpaired) electrons. The topological polar surface area (TPSA) is 96.7 Å². The van der Waals surface area contributed by atoms with Crippen LogP contribution in [0.3, 0.4) is 0 Å². The Morgan fingerprint density at radius 1 is 1.32 bits per heavy atom. The zero-order valence-electron chi connectivity index (χ0n) is 11.6. The van der Waals surface area contributed by atoms with Gasteiger partial charge in [0.2, 0.25) is 0 Å². The van der Waals surface area contributed by atoms with E-state index >= 15 is 0 Å². The van der Waals surface area contributed by atoms with Crippen molar-refractivity contribution in [3.05, 3.63) is 46.3 Å². The Bertz CT molecular complexity index is 611. The summed E-state index contributed by atoms with van der Waals surface area (Å²) in [6, 6.07) is 8.57. The summed E-state index contributed by atoms with van der Waals surface area (Å²) in [5.41, 5.74) is 9.58. The summed E-state index contributed by atoms with van der Waals surface area (Å²) in [5, 5.41) is 13.9. The first kappa shape index (κ1) is 14.9. The predicted octanol–water partition coefficient (Wildman–Crippen LogP) is 1.54. The van der Waals surface area contributed by atoms with Gasteiger partial charge in [-0.1, -0.05) is 41.4 Å². The fourth-order valence-corrected chi connectivity index (χ4v) is 2.72. The van der Waals surface area contributed by atoms with Gasteiger partial charge in [0.25, 0.3) is 0 Å². The smallest absolute Gasteiger partial charge is 0.184 e. The molecule has 2 saturated heterocycles. The number of fused-ring (bicyclic) bond motifs is 1. The number of hydrogen-bond donors (Lipinski definition) is 1. The van der Waals surface area contributed by atoms with Gasteiger partial charge in [-0.2, -0.15) is 0 Å². The van der Waals surface area contributed by atoms with Gasteiger partial charge in [0.1, 0.15) is 24.4 Å². The molecule has 2 fully saturated rings. The van der Waals surface area contributed by atoms with E-state index in [1.807, 2.05) is 30.3 Å². The standard InChI is InChI=1S/C15H15N3O4/c1-2-10-13(19)12(17-18-16)14-11(21-10)8-20-15(22-14)9-6-4-3-5-7-9/h1,3-7,10-15,19H,8H2/t10-,11+,12+,13-,14-,15-/m0/s1. The molecule has 0 aromatic heterocycles. The van der Waals surface area contributed by atoms with Gasteiger partial charge in [-0.05, 0) is 5.53 Å². The quantitative estimate of drug-likeness (QED) is 0.388. The lowest BCUT2D eigenvalue weighted by Crippen LogP contribution is -2.60. The first-order valence-electron chi connectivity index (χ1n) is 6.90. The second-order valence-corrected chi connectivity index (χ2v) is 5.12. The van der Waals surface area contributed by atoms with Crippen LogP contribution in [0.4, 0.5) is 0 Å². The van der Waals surface area contributed by atoms with Gasteiger partial charge in [0, 0.05) is 10.5 Å². The molecule has 0 spiro atoms. The van der Waals surface area contributed by atoms with E-state index in [2.05, 4.69) is 15.9 Å². The van der Waals surface area contributed by atoms with Crippen molar-refractivity contribution in [3.8, 4) is 12.3 Å². The van der Waals surface area contributed by atoms with Crippen LogP contribution in [-0.2, 0) is 14.2 Å². The molecule has 3 rings (SSSR count). The molecule has 1 aromatic rings. The van der Waals surface area contributed by atoms with Crippen molar-refractivity contribution in [2.75, 3.05) is 6.61 Å². The molecule has 0 unspecified atom stereocenters. The number of benzene rings is 1. The van der Waals surface area contributed by atoms with E-state index in [9.17, 15) is 5.11 Å². The maximum atomic E-state index is 10.2. The highest BCUT2D eigenvalue weighted by molar-refractivity contribution is 5.17. The van der Waals surface area contributed by atoms with Gasteiger partial charge >= 0.3 is 0 Å². The van der Waals surface area contributed by atoms with Crippen molar-refractivity contribution >= 4 is 0 Å². The van der Waals surface area contributed by atoms with E-state index < -0.39 is 36.7 Å². The molecular formula is C15H15N3O4. The van der Waals surface area contributed by atoms with E-state index in [4.69, 9.17) is 26.2 Å². The van der Waals surface area contributed by atoms with E-state index in [1.54, 1.807) is 0 Å². The Labute approximate surface area is 127 Å². The Kier molecular flexibility index (Phi) is 4.29. The largest absolute Gasteiger partial charge is 0.389 e. The SMILES string of the molecule is C#C[C@@H]1O[C@@H]2CO[C@H](c3ccccc3)O[C@@H]2[C@H](N=[N+]=[N-])[C@H]1O. The normalized spacial score (nSPS) is 37.5. The zero-order valence-corrected chi connectivity index (χ0v) is 11.6. The van der Waals surface area contributed by atoms with Crippen molar-refractivity contribution < 1.29 is 19.3 Å². The Balaban J connectivity index is 1.84. The van der Waals surface area contributed by atoms with Crippen LogP contribution in [-0.4, -0.2) is 42.2 Å². The predicted molar refractivity (Wildman–Crippen MR) is 76.4 cm³/mol. The van der Waals surface area contributed by atoms with Crippen LogP contribution in [0.15, 0.2) is 35.4 Å². The highest BCUT2D eigenvalue weighted by atomic mass is 16.7. The number of aliphatic hydroxyl groups is 1. The minimum absolute atomic E-state index is 0.243. The van der Waals surface area contributed by atoms with Crippen molar-refractivity contribution in [1.29, 1.82) is 0 Å². The van der Waals surface area contributed by atoms with Crippen LogP contribution >= 0.6 is 0 Å². The zero-order chi connectivity index (χ0) is 15.5. The third-order valence-electron chi connectivity index (χ3n) is 3.80. The average molecular weight is 301 g/mol. The molecule has 114 valence electrons. The van der Waals surface area contributed by atoms with Crippen LogP contribution in [0.1, 0.15) is 11.9 Å². The number of nitrogens with zero attached hydrogens (tertiary/aromatic N) is 3. The van der Waals surface area contributed by atoms with Gasteiger partial charge in [0.05, 0.1) is 12.6 Å². The second-order valence-electron chi connectivity index (χ2n) is 5.12. The van der Waals surface area contributed by atoms with Crippen molar-refractivity contribution in [2.24, 2.45) is 5.11 Å². The molecule has 6 atom stereocenters. The lowest BCUT2D eigenvalue weighted by molar-refractivity contribution is -0.300. The number of hydrogen-bond acceptors (Lipinski definition) is 5. The average Bonchev–Trinajstić information content (AvgIpc) is 2.57. The molecule has 1 aromatic carbocycles. The summed E-state index contributed by atoms with van der Waals surface area (Å²) in [5.74, 6) is 2.35. The van der Waals surface area contributed by atoms with E-state index in [0.717, 1.165) is 5.56 Å². The van der Waals surface area contributed by atoms with Crippen molar-refractivity contribution in [3.63, 3.8) is 0 Å². The van der Waals surface area contributed by atoms with Gasteiger partial charge in [-0.3, -0.25) is 0 Å². The van der Waals surface area contributed by atoms with Gasteiger partial charge < -0.3 is 19.3 Å². The van der Waals surface area contributed by atoms with Gasteiger partial charge in [0.15, 0.2) is 6.29 Å². The third-order valence-corrected chi connectivity index (χ3v) is 3.80. The number of ether oxygens (including phenoxy) is 3. The summed E-state index contributed by atoms with van der Waals surface area (Å²) in [4.78, 5) is 2.79.